The molecule has 1 heterocycles. The maximum absolute atomic E-state index is 12.2. The number of aliphatic imine (C=N–C) groups is 1. The first-order valence-electron chi connectivity index (χ1n) is 8.16. The molecule has 0 aromatic rings. The van der Waals surface area contributed by atoms with E-state index in [9.17, 15) is 8.42 Å². The van der Waals surface area contributed by atoms with Crippen LogP contribution in [0.15, 0.2) is 4.99 Å². The Labute approximate surface area is 140 Å². The van der Waals surface area contributed by atoms with E-state index in [0.29, 0.717) is 13.1 Å². The number of nitrogens with zero attached hydrogens (tertiary/aromatic N) is 2. The minimum absolute atomic E-state index is 0.0188. The molecule has 2 aliphatic rings. The lowest BCUT2D eigenvalue weighted by atomic mass is 9.56. The minimum atomic E-state index is -3.05. The van der Waals surface area contributed by atoms with Crippen LogP contribution in [0.3, 0.4) is 0 Å². The highest BCUT2D eigenvalue weighted by Crippen LogP contribution is 2.51. The SMILES string of the molecule is CN=C(NC1CC(C)(OC)C1(C)C)N1CCS(=O)(=O)C(C)(C)C1. The van der Waals surface area contributed by atoms with Crippen LogP contribution in [0, 0.1) is 5.41 Å². The zero-order valence-corrected chi connectivity index (χ0v) is 16.2. The summed E-state index contributed by atoms with van der Waals surface area (Å²) < 4.78 is 29.3. The van der Waals surface area contributed by atoms with Crippen LogP contribution in [0.1, 0.15) is 41.0 Å². The summed E-state index contributed by atoms with van der Waals surface area (Å²) in [5.74, 6) is 0.953. The summed E-state index contributed by atoms with van der Waals surface area (Å²) in [7, 11) is 0.459. The van der Waals surface area contributed by atoms with Crippen LogP contribution in [0.25, 0.3) is 0 Å². The molecule has 0 radical (unpaired) electrons. The van der Waals surface area contributed by atoms with Crippen molar-refractivity contribution in [2.75, 3.05) is 33.0 Å². The van der Waals surface area contributed by atoms with E-state index in [-0.39, 0.29) is 22.8 Å². The first-order chi connectivity index (χ1) is 10.4. The Bertz CT molecular complexity index is 598. The Morgan fingerprint density at radius 2 is 1.87 bits per heavy atom. The fourth-order valence-corrected chi connectivity index (χ4v) is 4.87. The Morgan fingerprint density at radius 3 is 2.30 bits per heavy atom. The van der Waals surface area contributed by atoms with Gasteiger partial charge in [0.1, 0.15) is 0 Å². The molecule has 1 aliphatic heterocycles. The van der Waals surface area contributed by atoms with Crippen molar-refractivity contribution in [3.63, 3.8) is 0 Å². The molecule has 134 valence electrons. The molecule has 2 unspecified atom stereocenters. The molecule has 1 saturated heterocycles. The second-order valence-electron chi connectivity index (χ2n) is 8.11. The number of hydrogen-bond donors (Lipinski definition) is 1. The van der Waals surface area contributed by atoms with Gasteiger partial charge in [0.2, 0.25) is 0 Å². The summed E-state index contributed by atoms with van der Waals surface area (Å²) >= 11 is 0. The number of methoxy groups -OCH3 is 1. The molecule has 2 atom stereocenters. The summed E-state index contributed by atoms with van der Waals surface area (Å²) in [6.45, 7) is 11.0. The van der Waals surface area contributed by atoms with Gasteiger partial charge in [-0.3, -0.25) is 4.99 Å². The van der Waals surface area contributed by atoms with E-state index in [2.05, 4.69) is 36.0 Å². The standard InChI is InChI=1S/C16H31N3O3S/c1-14(2)11-19(8-9-23(14,20)21)13(17-6)18-12-10-16(5,22-7)15(12,3)4/h12H,8-11H2,1-7H3,(H,17,18). The topological polar surface area (TPSA) is 71.0 Å². The van der Waals surface area contributed by atoms with Crippen molar-refractivity contribution in [1.29, 1.82) is 0 Å². The molecule has 1 aliphatic carbocycles. The van der Waals surface area contributed by atoms with E-state index >= 15 is 0 Å². The van der Waals surface area contributed by atoms with Crippen LogP contribution >= 0.6 is 0 Å². The molecule has 0 aromatic carbocycles. The average Bonchev–Trinajstić information content (AvgIpc) is 2.46. The van der Waals surface area contributed by atoms with Crippen molar-refractivity contribution in [3.8, 4) is 0 Å². The minimum Gasteiger partial charge on any atom is -0.378 e. The molecule has 0 aromatic heterocycles. The quantitative estimate of drug-likeness (QED) is 0.603. The van der Waals surface area contributed by atoms with Gasteiger partial charge in [0.25, 0.3) is 0 Å². The molecule has 1 N–H and O–H groups in total. The van der Waals surface area contributed by atoms with E-state index in [1.54, 1.807) is 28.0 Å². The van der Waals surface area contributed by atoms with Gasteiger partial charge >= 0.3 is 0 Å². The lowest BCUT2D eigenvalue weighted by Crippen LogP contribution is -2.70. The van der Waals surface area contributed by atoms with Gasteiger partial charge in [0.15, 0.2) is 15.8 Å². The van der Waals surface area contributed by atoms with Crippen molar-refractivity contribution >= 4 is 15.8 Å². The van der Waals surface area contributed by atoms with Crippen molar-refractivity contribution in [2.24, 2.45) is 10.4 Å². The second kappa shape index (κ2) is 5.62. The first-order valence-corrected chi connectivity index (χ1v) is 9.81. The van der Waals surface area contributed by atoms with E-state index in [0.717, 1.165) is 12.4 Å². The third-order valence-electron chi connectivity index (χ3n) is 6.14. The van der Waals surface area contributed by atoms with Crippen molar-refractivity contribution < 1.29 is 13.2 Å². The van der Waals surface area contributed by atoms with Crippen LogP contribution in [-0.2, 0) is 14.6 Å². The smallest absolute Gasteiger partial charge is 0.193 e. The molecule has 0 amide bonds. The lowest BCUT2D eigenvalue weighted by molar-refractivity contribution is -0.177. The van der Waals surface area contributed by atoms with Gasteiger partial charge < -0.3 is 15.0 Å². The summed E-state index contributed by atoms with van der Waals surface area (Å²) in [4.78, 5) is 6.44. The maximum atomic E-state index is 12.2. The van der Waals surface area contributed by atoms with E-state index in [4.69, 9.17) is 4.74 Å². The van der Waals surface area contributed by atoms with Crippen LogP contribution in [0.4, 0.5) is 0 Å². The van der Waals surface area contributed by atoms with Crippen molar-refractivity contribution in [2.45, 2.75) is 57.4 Å². The largest absolute Gasteiger partial charge is 0.378 e. The number of sulfone groups is 1. The van der Waals surface area contributed by atoms with Crippen molar-refractivity contribution in [3.05, 3.63) is 0 Å². The third kappa shape index (κ3) is 2.86. The highest BCUT2D eigenvalue weighted by molar-refractivity contribution is 7.92. The molecule has 2 rings (SSSR count). The first kappa shape index (κ1) is 18.5. The number of hydrogen-bond acceptors (Lipinski definition) is 4. The predicted molar refractivity (Wildman–Crippen MR) is 93.5 cm³/mol. The van der Waals surface area contributed by atoms with E-state index < -0.39 is 14.6 Å². The number of nitrogens with one attached hydrogen (secondary N) is 1. The normalized spacial score (nSPS) is 35.5. The van der Waals surface area contributed by atoms with Gasteiger partial charge in [-0.05, 0) is 27.2 Å². The maximum Gasteiger partial charge on any atom is 0.193 e. The monoisotopic (exact) mass is 345 g/mol. The molecular weight excluding hydrogens is 314 g/mol. The van der Waals surface area contributed by atoms with Gasteiger partial charge in [-0.15, -0.1) is 0 Å². The molecule has 0 spiro atoms. The number of guanidine groups is 1. The lowest BCUT2D eigenvalue weighted by Gasteiger charge is -2.59. The molecular formula is C16H31N3O3S. The Morgan fingerprint density at radius 1 is 1.26 bits per heavy atom. The summed E-state index contributed by atoms with van der Waals surface area (Å²) in [6.07, 6.45) is 0.908. The number of rotatable bonds is 2. The Hall–Kier alpha value is -0.820. The third-order valence-corrected chi connectivity index (χ3v) is 8.67. The molecule has 2 fully saturated rings. The zero-order chi connectivity index (χ0) is 17.7. The fraction of sp³-hybridized carbons (Fsp3) is 0.938. The number of ether oxygens (including phenoxy) is 1. The van der Waals surface area contributed by atoms with E-state index in [1.807, 2.05) is 0 Å². The van der Waals surface area contributed by atoms with Crippen LogP contribution in [-0.4, -0.2) is 68.7 Å². The average molecular weight is 346 g/mol. The summed E-state index contributed by atoms with van der Waals surface area (Å²) in [5.41, 5.74) is -0.164. The summed E-state index contributed by atoms with van der Waals surface area (Å²) in [6, 6.07) is 0.257. The van der Waals surface area contributed by atoms with Gasteiger partial charge in [0.05, 0.1) is 16.1 Å². The van der Waals surface area contributed by atoms with Crippen LogP contribution in [0.2, 0.25) is 0 Å². The molecule has 7 heteroatoms. The molecule has 1 saturated carbocycles. The van der Waals surface area contributed by atoms with Gasteiger partial charge in [-0.1, -0.05) is 13.8 Å². The Kier molecular flexibility index (Phi) is 4.52. The van der Waals surface area contributed by atoms with Crippen molar-refractivity contribution in [1.82, 2.24) is 10.2 Å². The van der Waals surface area contributed by atoms with Gasteiger partial charge in [-0.2, -0.15) is 0 Å². The van der Waals surface area contributed by atoms with Crippen LogP contribution in [0.5, 0.6) is 0 Å². The van der Waals surface area contributed by atoms with Crippen LogP contribution < -0.4 is 5.32 Å². The van der Waals surface area contributed by atoms with Gasteiger partial charge in [-0.25, -0.2) is 8.42 Å². The highest BCUT2D eigenvalue weighted by Gasteiger charge is 2.58. The molecule has 0 bridgehead atoms. The highest BCUT2D eigenvalue weighted by atomic mass is 32.2. The zero-order valence-electron chi connectivity index (χ0n) is 15.4. The predicted octanol–water partition coefficient (Wildman–Crippen LogP) is 1.27. The molecule has 6 nitrogen and oxygen atoms in total. The fourth-order valence-electron chi connectivity index (χ4n) is 3.50. The second-order valence-corrected chi connectivity index (χ2v) is 10.8. The molecule has 23 heavy (non-hydrogen) atoms. The summed E-state index contributed by atoms with van der Waals surface area (Å²) in [5, 5.41) is 3.52. The van der Waals surface area contributed by atoms with Gasteiger partial charge in [0, 0.05) is 38.7 Å². The Balaban J connectivity index is 2.09. The van der Waals surface area contributed by atoms with E-state index in [1.165, 1.54) is 0 Å².